The van der Waals surface area contributed by atoms with E-state index < -0.39 is 0 Å². The monoisotopic (exact) mass is 249 g/mol. The molecule has 0 spiro atoms. The van der Waals surface area contributed by atoms with Gasteiger partial charge >= 0.3 is 0 Å². The van der Waals surface area contributed by atoms with Gasteiger partial charge in [-0.15, -0.1) is 0 Å². The van der Waals surface area contributed by atoms with Crippen LogP contribution in [0.5, 0.6) is 5.75 Å². The van der Waals surface area contributed by atoms with E-state index in [1.165, 1.54) is 6.07 Å². The first kappa shape index (κ1) is 12.6. The fraction of sp³-hybridized carbons (Fsp3) is 0.308. The van der Waals surface area contributed by atoms with Gasteiger partial charge in [0.25, 0.3) is 0 Å². The average Bonchev–Trinajstić information content (AvgIpc) is 2.89. The van der Waals surface area contributed by atoms with Gasteiger partial charge in [-0.05, 0) is 12.5 Å². The number of para-hydroxylation sites is 1. The number of imidazole rings is 1. The van der Waals surface area contributed by atoms with Crippen LogP contribution < -0.4 is 10.5 Å². The Labute approximate surface area is 105 Å². The predicted molar refractivity (Wildman–Crippen MR) is 66.6 cm³/mol. The average molecular weight is 249 g/mol. The number of aryl methyl sites for hydroxylation is 1. The van der Waals surface area contributed by atoms with Crippen molar-refractivity contribution in [3.05, 3.63) is 48.3 Å². The van der Waals surface area contributed by atoms with E-state index in [1.807, 2.05) is 10.8 Å². The number of hydrogen-bond acceptors (Lipinski definition) is 3. The maximum Gasteiger partial charge on any atom is 0.165 e. The highest BCUT2D eigenvalue weighted by Crippen LogP contribution is 2.22. The van der Waals surface area contributed by atoms with Gasteiger partial charge in [-0.1, -0.05) is 12.1 Å². The second kappa shape index (κ2) is 6.16. The fourth-order valence-electron chi connectivity index (χ4n) is 1.72. The molecule has 0 saturated heterocycles. The van der Waals surface area contributed by atoms with Gasteiger partial charge in [0.15, 0.2) is 11.6 Å². The molecule has 2 rings (SSSR count). The lowest BCUT2D eigenvalue weighted by Gasteiger charge is -2.11. The molecule has 1 heterocycles. The Morgan fingerprint density at radius 3 is 3.00 bits per heavy atom. The molecule has 1 aromatic heterocycles. The fourth-order valence-corrected chi connectivity index (χ4v) is 1.72. The standard InChI is InChI=1S/C13H16FN3O/c14-12-4-1-3-11(9-15)13(12)18-8-2-6-17-7-5-16-10-17/h1,3-5,7,10H,2,6,8-9,15H2. The zero-order valence-electron chi connectivity index (χ0n) is 10.1. The van der Waals surface area contributed by atoms with Crippen LogP contribution in [-0.2, 0) is 13.1 Å². The van der Waals surface area contributed by atoms with Crippen LogP contribution in [0.25, 0.3) is 0 Å². The number of hydrogen-bond donors (Lipinski definition) is 1. The third kappa shape index (κ3) is 3.07. The number of ether oxygens (including phenoxy) is 1. The second-order valence-electron chi connectivity index (χ2n) is 3.93. The van der Waals surface area contributed by atoms with E-state index in [0.29, 0.717) is 12.2 Å². The molecule has 4 nitrogen and oxygen atoms in total. The minimum atomic E-state index is -0.361. The zero-order chi connectivity index (χ0) is 12.8. The highest BCUT2D eigenvalue weighted by molar-refractivity contribution is 5.34. The first-order valence-corrected chi connectivity index (χ1v) is 5.87. The summed E-state index contributed by atoms with van der Waals surface area (Å²) in [5.74, 6) is -0.0915. The van der Waals surface area contributed by atoms with Crippen LogP contribution in [0.4, 0.5) is 4.39 Å². The first-order valence-electron chi connectivity index (χ1n) is 5.87. The van der Waals surface area contributed by atoms with Gasteiger partial charge in [0.05, 0.1) is 12.9 Å². The largest absolute Gasteiger partial charge is 0.490 e. The molecule has 2 N–H and O–H groups in total. The van der Waals surface area contributed by atoms with Crippen LogP contribution in [-0.4, -0.2) is 16.2 Å². The lowest BCUT2D eigenvalue weighted by atomic mass is 10.2. The van der Waals surface area contributed by atoms with Gasteiger partial charge in [-0.3, -0.25) is 0 Å². The topological polar surface area (TPSA) is 53.1 Å². The van der Waals surface area contributed by atoms with Crippen LogP contribution in [0.3, 0.4) is 0 Å². The molecule has 0 amide bonds. The molecule has 0 radical (unpaired) electrons. The summed E-state index contributed by atoms with van der Waals surface area (Å²) in [5.41, 5.74) is 6.23. The number of halogens is 1. The quantitative estimate of drug-likeness (QED) is 0.796. The van der Waals surface area contributed by atoms with E-state index >= 15 is 0 Å². The summed E-state index contributed by atoms with van der Waals surface area (Å²) in [5, 5.41) is 0. The number of benzene rings is 1. The van der Waals surface area contributed by atoms with Gasteiger partial charge in [-0.2, -0.15) is 0 Å². The number of rotatable bonds is 6. The molecule has 0 aliphatic rings. The number of nitrogens with two attached hydrogens (primary N) is 1. The lowest BCUT2D eigenvalue weighted by Crippen LogP contribution is -2.07. The van der Waals surface area contributed by atoms with Crippen LogP contribution in [0.2, 0.25) is 0 Å². The van der Waals surface area contributed by atoms with Crippen LogP contribution in [0, 0.1) is 5.82 Å². The van der Waals surface area contributed by atoms with E-state index in [9.17, 15) is 4.39 Å². The Hall–Kier alpha value is -1.88. The highest BCUT2D eigenvalue weighted by Gasteiger charge is 2.08. The summed E-state index contributed by atoms with van der Waals surface area (Å²) in [6, 6.07) is 4.79. The summed E-state index contributed by atoms with van der Waals surface area (Å²) in [6.45, 7) is 1.52. The summed E-state index contributed by atoms with van der Waals surface area (Å²) in [7, 11) is 0. The Kier molecular flexibility index (Phi) is 4.30. The molecule has 1 aromatic carbocycles. The van der Waals surface area contributed by atoms with E-state index in [2.05, 4.69) is 4.98 Å². The highest BCUT2D eigenvalue weighted by atomic mass is 19.1. The molecule has 0 bridgehead atoms. The van der Waals surface area contributed by atoms with Crippen molar-refractivity contribution in [2.75, 3.05) is 6.61 Å². The van der Waals surface area contributed by atoms with Crippen molar-refractivity contribution >= 4 is 0 Å². The molecule has 96 valence electrons. The van der Waals surface area contributed by atoms with Gasteiger partial charge in [0.2, 0.25) is 0 Å². The summed E-state index contributed by atoms with van der Waals surface area (Å²) < 4.78 is 21.0. The first-order chi connectivity index (χ1) is 8.81. The van der Waals surface area contributed by atoms with Crippen molar-refractivity contribution in [1.82, 2.24) is 9.55 Å². The molecule has 0 unspecified atom stereocenters. The number of aromatic nitrogens is 2. The molecule has 5 heteroatoms. The Bertz CT molecular complexity index is 485. The van der Waals surface area contributed by atoms with Gasteiger partial charge < -0.3 is 15.0 Å². The summed E-state index contributed by atoms with van der Waals surface area (Å²) in [6.07, 6.45) is 6.14. The third-order valence-electron chi connectivity index (χ3n) is 2.63. The zero-order valence-corrected chi connectivity index (χ0v) is 10.1. The van der Waals surface area contributed by atoms with Crippen molar-refractivity contribution in [3.63, 3.8) is 0 Å². The smallest absolute Gasteiger partial charge is 0.165 e. The molecular weight excluding hydrogens is 233 g/mol. The Morgan fingerprint density at radius 1 is 1.39 bits per heavy atom. The molecular formula is C13H16FN3O. The summed E-state index contributed by atoms with van der Waals surface area (Å²) >= 11 is 0. The predicted octanol–water partition coefficient (Wildman–Crippen LogP) is 1.95. The van der Waals surface area contributed by atoms with Crippen molar-refractivity contribution in [2.45, 2.75) is 19.5 Å². The van der Waals surface area contributed by atoms with Crippen molar-refractivity contribution in [2.24, 2.45) is 5.73 Å². The molecule has 0 saturated carbocycles. The minimum absolute atomic E-state index is 0.269. The number of nitrogens with zero attached hydrogens (tertiary/aromatic N) is 2. The molecule has 0 aliphatic carbocycles. The van der Waals surface area contributed by atoms with Crippen molar-refractivity contribution in [3.8, 4) is 5.75 Å². The SMILES string of the molecule is NCc1cccc(F)c1OCCCn1ccnc1. The third-order valence-corrected chi connectivity index (χ3v) is 2.63. The van der Waals surface area contributed by atoms with Crippen LogP contribution in [0.15, 0.2) is 36.9 Å². The maximum atomic E-state index is 13.5. The molecule has 0 aliphatic heterocycles. The Morgan fingerprint density at radius 2 is 2.28 bits per heavy atom. The van der Waals surface area contributed by atoms with E-state index in [4.69, 9.17) is 10.5 Å². The van der Waals surface area contributed by atoms with Crippen molar-refractivity contribution < 1.29 is 9.13 Å². The van der Waals surface area contributed by atoms with Crippen molar-refractivity contribution in [1.29, 1.82) is 0 Å². The van der Waals surface area contributed by atoms with E-state index in [0.717, 1.165) is 13.0 Å². The second-order valence-corrected chi connectivity index (χ2v) is 3.93. The molecule has 0 atom stereocenters. The van der Waals surface area contributed by atoms with Crippen LogP contribution in [0.1, 0.15) is 12.0 Å². The minimum Gasteiger partial charge on any atom is -0.490 e. The maximum absolute atomic E-state index is 13.5. The normalized spacial score (nSPS) is 10.6. The lowest BCUT2D eigenvalue weighted by molar-refractivity contribution is 0.284. The van der Waals surface area contributed by atoms with Gasteiger partial charge in [-0.25, -0.2) is 9.37 Å². The molecule has 2 aromatic rings. The Balaban J connectivity index is 1.86. The van der Waals surface area contributed by atoms with Gasteiger partial charge in [0.1, 0.15) is 0 Å². The molecule has 18 heavy (non-hydrogen) atoms. The van der Waals surface area contributed by atoms with E-state index in [1.54, 1.807) is 24.7 Å². The van der Waals surface area contributed by atoms with E-state index in [-0.39, 0.29) is 18.1 Å². The van der Waals surface area contributed by atoms with Crippen LogP contribution >= 0.6 is 0 Å². The van der Waals surface area contributed by atoms with Gasteiger partial charge in [0, 0.05) is 31.0 Å². The summed E-state index contributed by atoms with van der Waals surface area (Å²) in [4.78, 5) is 3.95. The molecule has 0 fully saturated rings.